The van der Waals surface area contributed by atoms with Crippen molar-refractivity contribution in [2.75, 3.05) is 12.3 Å². The Bertz CT molecular complexity index is 759. The molecule has 1 aromatic heterocycles. The van der Waals surface area contributed by atoms with Gasteiger partial charge in [0.25, 0.3) is 0 Å². The van der Waals surface area contributed by atoms with Crippen LogP contribution >= 0.6 is 11.8 Å². The van der Waals surface area contributed by atoms with E-state index < -0.39 is 0 Å². The smallest absolute Gasteiger partial charge is 0.230 e. The van der Waals surface area contributed by atoms with E-state index in [-0.39, 0.29) is 17.5 Å². The van der Waals surface area contributed by atoms with Crippen LogP contribution in [0.4, 0.5) is 4.39 Å². The summed E-state index contributed by atoms with van der Waals surface area (Å²) >= 11 is 1.25. The number of benzene rings is 1. The van der Waals surface area contributed by atoms with Gasteiger partial charge in [0, 0.05) is 6.54 Å². The quantitative estimate of drug-likeness (QED) is 0.606. The second-order valence-corrected chi connectivity index (χ2v) is 6.87. The number of rotatable bonds is 7. The summed E-state index contributed by atoms with van der Waals surface area (Å²) in [6, 6.07) is 6.42. The number of carbonyl (C=O) groups is 1. The summed E-state index contributed by atoms with van der Waals surface area (Å²) in [6.07, 6.45) is 9.50. The summed E-state index contributed by atoms with van der Waals surface area (Å²) in [4.78, 5) is 12.0. The van der Waals surface area contributed by atoms with E-state index in [1.165, 1.54) is 42.6 Å². The lowest BCUT2D eigenvalue weighted by Gasteiger charge is -2.13. The van der Waals surface area contributed by atoms with Gasteiger partial charge in [-0.15, -0.1) is 10.2 Å². The number of amides is 1. The molecule has 0 aliphatic heterocycles. The monoisotopic (exact) mass is 360 g/mol. The lowest BCUT2D eigenvalue weighted by molar-refractivity contribution is -0.118. The number of carbonyl (C=O) groups excluding carboxylic acids is 1. The highest BCUT2D eigenvalue weighted by Crippen LogP contribution is 2.21. The van der Waals surface area contributed by atoms with Crippen molar-refractivity contribution in [1.29, 1.82) is 0 Å². The van der Waals surface area contributed by atoms with E-state index in [0.29, 0.717) is 17.4 Å². The van der Waals surface area contributed by atoms with Crippen molar-refractivity contribution in [3.05, 3.63) is 48.1 Å². The zero-order valence-electron chi connectivity index (χ0n) is 13.9. The highest BCUT2D eigenvalue weighted by Gasteiger charge is 2.12. The van der Waals surface area contributed by atoms with Crippen LogP contribution in [0, 0.1) is 5.82 Å². The largest absolute Gasteiger partial charge is 0.355 e. The average Bonchev–Trinajstić information content (AvgIpc) is 3.10. The zero-order valence-corrected chi connectivity index (χ0v) is 14.8. The lowest BCUT2D eigenvalue weighted by Crippen LogP contribution is -2.26. The fourth-order valence-electron chi connectivity index (χ4n) is 2.81. The molecule has 25 heavy (non-hydrogen) atoms. The molecule has 1 aliphatic rings. The van der Waals surface area contributed by atoms with Crippen molar-refractivity contribution in [3.8, 4) is 5.69 Å². The maximum absolute atomic E-state index is 13.9. The Kier molecular flexibility index (Phi) is 6.22. The molecular formula is C18H21FN4OS. The molecule has 7 heteroatoms. The number of hydrogen-bond acceptors (Lipinski definition) is 4. The average molecular weight is 360 g/mol. The molecule has 0 saturated heterocycles. The maximum atomic E-state index is 13.9. The first-order chi connectivity index (χ1) is 12.2. The molecule has 0 bridgehead atoms. The topological polar surface area (TPSA) is 59.8 Å². The van der Waals surface area contributed by atoms with Gasteiger partial charge in [0.2, 0.25) is 5.91 Å². The second kappa shape index (κ2) is 8.80. The third-order valence-electron chi connectivity index (χ3n) is 4.11. The van der Waals surface area contributed by atoms with Gasteiger partial charge in [-0.1, -0.05) is 35.5 Å². The van der Waals surface area contributed by atoms with Crippen LogP contribution in [0.2, 0.25) is 0 Å². The predicted octanol–water partition coefficient (Wildman–Crippen LogP) is 3.51. The van der Waals surface area contributed by atoms with Gasteiger partial charge in [0.05, 0.1) is 11.4 Å². The van der Waals surface area contributed by atoms with E-state index in [4.69, 9.17) is 0 Å². The Balaban J connectivity index is 1.49. The van der Waals surface area contributed by atoms with Crippen molar-refractivity contribution >= 4 is 17.7 Å². The molecule has 0 radical (unpaired) electrons. The first-order valence-electron chi connectivity index (χ1n) is 8.46. The SMILES string of the molecule is O=C(CSc1nncn1-c1ccccc1F)NCCC1=CCCCC1. The van der Waals surface area contributed by atoms with Gasteiger partial charge in [-0.25, -0.2) is 4.39 Å². The van der Waals surface area contributed by atoms with Crippen molar-refractivity contribution in [3.63, 3.8) is 0 Å². The van der Waals surface area contributed by atoms with E-state index >= 15 is 0 Å². The molecular weight excluding hydrogens is 339 g/mol. The minimum Gasteiger partial charge on any atom is -0.355 e. The van der Waals surface area contributed by atoms with Gasteiger partial charge in [-0.05, 0) is 44.2 Å². The molecule has 1 amide bonds. The number of aromatic nitrogens is 3. The fraction of sp³-hybridized carbons (Fsp3) is 0.389. The molecule has 1 aliphatic carbocycles. The first-order valence-corrected chi connectivity index (χ1v) is 9.45. The highest BCUT2D eigenvalue weighted by atomic mass is 32.2. The number of thioether (sulfide) groups is 1. The zero-order chi connectivity index (χ0) is 17.5. The third kappa shape index (κ3) is 4.92. The first kappa shape index (κ1) is 17.7. The fourth-order valence-corrected chi connectivity index (χ4v) is 3.56. The normalized spacial score (nSPS) is 14.2. The maximum Gasteiger partial charge on any atom is 0.230 e. The van der Waals surface area contributed by atoms with Crippen LogP contribution in [0.15, 0.2) is 47.4 Å². The van der Waals surface area contributed by atoms with Crippen molar-refractivity contribution in [2.24, 2.45) is 0 Å². The number of nitrogens with one attached hydrogen (secondary N) is 1. The van der Waals surface area contributed by atoms with E-state index in [9.17, 15) is 9.18 Å². The van der Waals surface area contributed by atoms with E-state index in [2.05, 4.69) is 21.6 Å². The van der Waals surface area contributed by atoms with Crippen molar-refractivity contribution in [2.45, 2.75) is 37.3 Å². The number of nitrogens with zero attached hydrogens (tertiary/aromatic N) is 3. The summed E-state index contributed by atoms with van der Waals surface area (Å²) in [5.74, 6) is -0.175. The van der Waals surface area contributed by atoms with Crippen LogP contribution in [0.5, 0.6) is 0 Å². The van der Waals surface area contributed by atoms with Crippen LogP contribution in [0.25, 0.3) is 5.69 Å². The summed E-state index contributed by atoms with van der Waals surface area (Å²) in [5.41, 5.74) is 1.82. The summed E-state index contributed by atoms with van der Waals surface area (Å²) in [5, 5.41) is 11.2. The van der Waals surface area contributed by atoms with Gasteiger partial charge in [-0.2, -0.15) is 0 Å². The Hall–Kier alpha value is -2.15. The summed E-state index contributed by atoms with van der Waals surface area (Å²) < 4.78 is 15.5. The predicted molar refractivity (Wildman–Crippen MR) is 96.2 cm³/mol. The third-order valence-corrected chi connectivity index (χ3v) is 5.06. The highest BCUT2D eigenvalue weighted by molar-refractivity contribution is 7.99. The van der Waals surface area contributed by atoms with E-state index in [1.54, 1.807) is 22.8 Å². The van der Waals surface area contributed by atoms with E-state index in [0.717, 1.165) is 19.3 Å². The molecule has 0 saturated carbocycles. The molecule has 5 nitrogen and oxygen atoms in total. The molecule has 1 aromatic carbocycles. The Morgan fingerprint density at radius 3 is 3.00 bits per heavy atom. The second-order valence-electron chi connectivity index (χ2n) is 5.93. The number of para-hydroxylation sites is 1. The van der Waals surface area contributed by atoms with Gasteiger partial charge < -0.3 is 5.32 Å². The van der Waals surface area contributed by atoms with Crippen LogP contribution in [-0.4, -0.2) is 33.0 Å². The Labute approximate surface area is 150 Å². The van der Waals surface area contributed by atoms with Crippen LogP contribution < -0.4 is 5.32 Å². The van der Waals surface area contributed by atoms with Crippen molar-refractivity contribution < 1.29 is 9.18 Å². The molecule has 1 heterocycles. The van der Waals surface area contributed by atoms with Crippen LogP contribution in [-0.2, 0) is 4.79 Å². The van der Waals surface area contributed by atoms with Gasteiger partial charge >= 0.3 is 0 Å². The number of halogens is 1. The number of hydrogen-bond donors (Lipinski definition) is 1. The Morgan fingerprint density at radius 2 is 2.20 bits per heavy atom. The van der Waals surface area contributed by atoms with Gasteiger partial charge in [0.15, 0.2) is 5.16 Å². The molecule has 1 N–H and O–H groups in total. The molecule has 0 fully saturated rings. The van der Waals surface area contributed by atoms with Crippen LogP contribution in [0.3, 0.4) is 0 Å². The standard InChI is InChI=1S/C18H21FN4OS/c19-15-8-4-5-9-16(15)23-13-21-22-18(23)25-12-17(24)20-11-10-14-6-2-1-3-7-14/h4-6,8-9,13H,1-3,7,10-12H2,(H,20,24). The van der Waals surface area contributed by atoms with Crippen molar-refractivity contribution in [1.82, 2.24) is 20.1 Å². The number of allylic oxidation sites excluding steroid dienone is 1. The van der Waals surface area contributed by atoms with Gasteiger partial charge in [-0.3, -0.25) is 9.36 Å². The Morgan fingerprint density at radius 1 is 1.32 bits per heavy atom. The molecule has 0 unspecified atom stereocenters. The molecule has 0 atom stereocenters. The van der Waals surface area contributed by atoms with E-state index in [1.807, 2.05) is 0 Å². The summed E-state index contributed by atoms with van der Waals surface area (Å²) in [7, 11) is 0. The lowest BCUT2D eigenvalue weighted by atomic mass is 9.97. The minimum absolute atomic E-state index is 0.0514. The molecule has 2 aromatic rings. The summed E-state index contributed by atoms with van der Waals surface area (Å²) in [6.45, 7) is 0.658. The molecule has 3 rings (SSSR count). The van der Waals surface area contributed by atoms with Gasteiger partial charge in [0.1, 0.15) is 12.1 Å². The molecule has 0 spiro atoms. The minimum atomic E-state index is -0.352. The molecule has 132 valence electrons. The van der Waals surface area contributed by atoms with Crippen LogP contribution in [0.1, 0.15) is 32.1 Å².